The molecule has 0 saturated heterocycles. The molecule has 0 bridgehead atoms. The molecule has 1 aromatic heterocycles. The molecule has 0 saturated carbocycles. The van der Waals surface area contributed by atoms with Crippen LogP contribution in [0.4, 0.5) is 11.6 Å². The number of hydrogen-bond acceptors (Lipinski definition) is 6. The second-order valence-corrected chi connectivity index (χ2v) is 6.23. The molecule has 0 unspecified atom stereocenters. The van der Waals surface area contributed by atoms with Gasteiger partial charge in [-0.05, 0) is 24.1 Å². The van der Waals surface area contributed by atoms with Gasteiger partial charge in [-0.15, -0.1) is 0 Å². The van der Waals surface area contributed by atoms with E-state index in [0.717, 1.165) is 5.56 Å². The molecular weight excluding hydrogens is 314 g/mol. The fourth-order valence-electron chi connectivity index (χ4n) is 1.68. The first-order chi connectivity index (χ1) is 9.88. The Labute approximate surface area is 127 Å². The molecule has 0 atom stereocenters. The van der Waals surface area contributed by atoms with Crippen molar-refractivity contribution in [2.45, 2.75) is 11.3 Å². The van der Waals surface area contributed by atoms with Crippen LogP contribution in [0.2, 0.25) is 5.02 Å². The lowest BCUT2D eigenvalue weighted by molar-refractivity contribution is 0.598. The summed E-state index contributed by atoms with van der Waals surface area (Å²) in [7, 11) is -3.66. The van der Waals surface area contributed by atoms with Gasteiger partial charge in [0.05, 0.1) is 4.90 Å². The van der Waals surface area contributed by atoms with Gasteiger partial charge in [0, 0.05) is 6.54 Å². The van der Waals surface area contributed by atoms with Crippen LogP contribution in [0.15, 0.2) is 35.5 Å². The molecule has 0 fully saturated rings. The Morgan fingerprint density at radius 3 is 2.48 bits per heavy atom. The highest BCUT2D eigenvalue weighted by atomic mass is 35.5. The summed E-state index contributed by atoms with van der Waals surface area (Å²) in [6.07, 6.45) is 1.98. The Morgan fingerprint density at radius 1 is 1.19 bits per heavy atom. The molecule has 7 nitrogen and oxygen atoms in total. The third kappa shape index (κ3) is 4.03. The molecule has 9 heteroatoms. The van der Waals surface area contributed by atoms with Crippen LogP contribution in [0.25, 0.3) is 0 Å². The Bertz CT molecular complexity index is 734. The summed E-state index contributed by atoms with van der Waals surface area (Å²) < 4.78 is 22.3. The van der Waals surface area contributed by atoms with Crippen LogP contribution in [0.1, 0.15) is 5.56 Å². The minimum atomic E-state index is -3.66. The highest BCUT2D eigenvalue weighted by molar-refractivity contribution is 7.89. The van der Waals surface area contributed by atoms with Crippen LogP contribution < -0.4 is 16.2 Å². The van der Waals surface area contributed by atoms with Crippen molar-refractivity contribution in [3.05, 3.63) is 41.2 Å². The fourth-order valence-corrected chi connectivity index (χ4v) is 2.36. The first kappa shape index (κ1) is 15.5. The van der Waals surface area contributed by atoms with Gasteiger partial charge < -0.3 is 11.1 Å². The third-order valence-electron chi connectivity index (χ3n) is 2.77. The van der Waals surface area contributed by atoms with Crippen molar-refractivity contribution in [3.63, 3.8) is 0 Å². The number of sulfonamides is 1. The number of rotatable bonds is 5. The van der Waals surface area contributed by atoms with Gasteiger partial charge in [-0.3, -0.25) is 0 Å². The van der Waals surface area contributed by atoms with Gasteiger partial charge in [0.25, 0.3) is 0 Å². The SMILES string of the molecule is Nc1ncnc(NCCc2ccc(S(N)(=O)=O)cc2)c1Cl. The minimum absolute atomic E-state index is 0.0887. The maximum absolute atomic E-state index is 11.1. The average molecular weight is 328 g/mol. The van der Waals surface area contributed by atoms with Gasteiger partial charge in [-0.1, -0.05) is 23.7 Å². The Hall–Kier alpha value is -1.90. The number of primary sulfonamides is 1. The maximum Gasteiger partial charge on any atom is 0.238 e. The number of nitrogens with one attached hydrogen (secondary N) is 1. The number of nitrogens with zero attached hydrogens (tertiary/aromatic N) is 2. The van der Waals surface area contributed by atoms with Gasteiger partial charge in [0.2, 0.25) is 10.0 Å². The van der Waals surface area contributed by atoms with Crippen molar-refractivity contribution in [1.29, 1.82) is 0 Å². The molecule has 1 heterocycles. The smallest absolute Gasteiger partial charge is 0.238 e. The van der Waals surface area contributed by atoms with Gasteiger partial charge in [0.15, 0.2) is 0 Å². The summed E-state index contributed by atoms with van der Waals surface area (Å²) in [4.78, 5) is 7.84. The van der Waals surface area contributed by atoms with Crippen molar-refractivity contribution in [2.75, 3.05) is 17.6 Å². The summed E-state index contributed by atoms with van der Waals surface area (Å²) >= 11 is 5.95. The van der Waals surface area contributed by atoms with Crippen LogP contribution in [0.3, 0.4) is 0 Å². The number of halogens is 1. The molecular formula is C12H14ClN5O2S. The highest BCUT2D eigenvalue weighted by Gasteiger charge is 2.07. The van der Waals surface area contributed by atoms with E-state index in [-0.39, 0.29) is 15.7 Å². The standard InChI is InChI=1S/C12H14ClN5O2S/c13-10-11(14)17-7-18-12(10)16-6-5-8-1-3-9(4-2-8)21(15,19)20/h1-4,7H,5-6H2,(H2,15,19,20)(H3,14,16,17,18). The van der Waals surface area contributed by atoms with E-state index in [1.54, 1.807) is 12.1 Å². The lowest BCUT2D eigenvalue weighted by atomic mass is 10.1. The number of nitrogens with two attached hydrogens (primary N) is 2. The second-order valence-electron chi connectivity index (χ2n) is 4.29. The van der Waals surface area contributed by atoms with E-state index in [9.17, 15) is 8.42 Å². The van der Waals surface area contributed by atoms with E-state index in [2.05, 4.69) is 15.3 Å². The zero-order chi connectivity index (χ0) is 15.5. The monoisotopic (exact) mass is 327 g/mol. The first-order valence-electron chi connectivity index (χ1n) is 5.99. The highest BCUT2D eigenvalue weighted by Crippen LogP contribution is 2.22. The molecule has 5 N–H and O–H groups in total. The van der Waals surface area contributed by atoms with Gasteiger partial charge >= 0.3 is 0 Å². The summed E-state index contributed by atoms with van der Waals surface area (Å²) in [5.74, 6) is 0.678. The molecule has 0 spiro atoms. The summed E-state index contributed by atoms with van der Waals surface area (Å²) in [6, 6.07) is 6.36. The molecule has 2 aromatic rings. The molecule has 0 radical (unpaired) electrons. The van der Waals surface area contributed by atoms with Gasteiger partial charge in [-0.25, -0.2) is 23.5 Å². The third-order valence-corrected chi connectivity index (χ3v) is 4.08. The topological polar surface area (TPSA) is 124 Å². The molecule has 2 rings (SSSR count). The second kappa shape index (κ2) is 6.25. The van der Waals surface area contributed by atoms with Crippen molar-refractivity contribution in [2.24, 2.45) is 5.14 Å². The number of anilines is 2. The van der Waals surface area contributed by atoms with Crippen LogP contribution >= 0.6 is 11.6 Å². The predicted molar refractivity (Wildman–Crippen MR) is 81.5 cm³/mol. The lowest BCUT2D eigenvalue weighted by Crippen LogP contribution is -2.12. The lowest BCUT2D eigenvalue weighted by Gasteiger charge is -2.08. The number of benzene rings is 1. The van der Waals surface area contributed by atoms with Crippen molar-refractivity contribution in [1.82, 2.24) is 9.97 Å². The molecule has 0 aliphatic heterocycles. The molecule has 0 aliphatic carbocycles. The summed E-state index contributed by atoms with van der Waals surface area (Å²) in [6.45, 7) is 0.560. The fraction of sp³-hybridized carbons (Fsp3) is 0.167. The van der Waals surface area contributed by atoms with E-state index < -0.39 is 10.0 Å². The van der Waals surface area contributed by atoms with E-state index in [1.807, 2.05) is 0 Å². The Balaban J connectivity index is 1.96. The largest absolute Gasteiger partial charge is 0.382 e. The maximum atomic E-state index is 11.1. The predicted octanol–water partition coefficient (Wildman–Crippen LogP) is 1.01. The number of aromatic nitrogens is 2. The van der Waals surface area contributed by atoms with Crippen LogP contribution in [-0.2, 0) is 16.4 Å². The summed E-state index contributed by atoms with van der Waals surface area (Å²) in [5.41, 5.74) is 6.52. The Kier molecular flexibility index (Phi) is 4.61. The normalized spacial score (nSPS) is 11.3. The van der Waals surface area contributed by atoms with Crippen molar-refractivity contribution in [3.8, 4) is 0 Å². The van der Waals surface area contributed by atoms with E-state index in [0.29, 0.717) is 18.8 Å². The zero-order valence-corrected chi connectivity index (χ0v) is 12.5. The van der Waals surface area contributed by atoms with Crippen molar-refractivity contribution < 1.29 is 8.42 Å². The minimum Gasteiger partial charge on any atom is -0.382 e. The van der Waals surface area contributed by atoms with Gasteiger partial charge in [-0.2, -0.15) is 0 Å². The number of hydrogen-bond donors (Lipinski definition) is 3. The molecule has 0 amide bonds. The molecule has 112 valence electrons. The average Bonchev–Trinajstić information content (AvgIpc) is 2.43. The van der Waals surface area contributed by atoms with Crippen molar-refractivity contribution >= 4 is 33.3 Å². The zero-order valence-electron chi connectivity index (χ0n) is 11.0. The summed E-state index contributed by atoms with van der Waals surface area (Å²) in [5, 5.41) is 8.35. The number of nitrogen functional groups attached to an aromatic ring is 1. The quantitative estimate of drug-likeness (QED) is 0.753. The molecule has 0 aliphatic rings. The first-order valence-corrected chi connectivity index (χ1v) is 7.92. The van der Waals surface area contributed by atoms with E-state index in [1.165, 1.54) is 18.5 Å². The molecule has 1 aromatic carbocycles. The van der Waals surface area contributed by atoms with Gasteiger partial charge in [0.1, 0.15) is 23.0 Å². The van der Waals surface area contributed by atoms with Crippen LogP contribution in [0, 0.1) is 0 Å². The molecule has 21 heavy (non-hydrogen) atoms. The Morgan fingerprint density at radius 2 is 1.86 bits per heavy atom. The van der Waals surface area contributed by atoms with E-state index in [4.69, 9.17) is 22.5 Å². The van der Waals surface area contributed by atoms with Crippen LogP contribution in [-0.4, -0.2) is 24.9 Å². The van der Waals surface area contributed by atoms with E-state index >= 15 is 0 Å². The van der Waals surface area contributed by atoms with Crippen LogP contribution in [0.5, 0.6) is 0 Å².